The topological polar surface area (TPSA) is 27.7 Å². The fourth-order valence-electron chi connectivity index (χ4n) is 0.673. The summed E-state index contributed by atoms with van der Waals surface area (Å²) < 4.78 is 15.5. The van der Waals surface area contributed by atoms with E-state index in [9.17, 15) is 0 Å². The molecule has 3 aliphatic heterocycles. The Labute approximate surface area is 54.8 Å². The van der Waals surface area contributed by atoms with E-state index in [0.29, 0.717) is 5.88 Å². The Morgan fingerprint density at radius 3 is 2.12 bits per heavy atom. The lowest BCUT2D eigenvalue weighted by molar-refractivity contribution is 0.00184. The van der Waals surface area contributed by atoms with E-state index in [0.717, 1.165) is 6.04 Å². The molecule has 0 unspecified atom stereocenters. The summed E-state index contributed by atoms with van der Waals surface area (Å²) in [4.78, 5) is 0. The van der Waals surface area contributed by atoms with Crippen LogP contribution in [0.15, 0.2) is 0 Å². The van der Waals surface area contributed by atoms with Crippen LogP contribution in [-0.2, 0) is 12.3 Å². The van der Waals surface area contributed by atoms with Gasteiger partial charge in [0.2, 0.25) is 0 Å². The van der Waals surface area contributed by atoms with Gasteiger partial charge in [-0.05, 0) is 0 Å². The molecule has 0 amide bonds. The standard InChI is InChI=1S/C2H4ClO3Si2/c3-1-2-8-4-7(5-8)6-8/h1-2H2. The molecule has 0 atom stereocenters. The predicted molar refractivity (Wildman–Crippen MR) is 30.3 cm³/mol. The highest BCUT2D eigenvalue weighted by atomic mass is 35.5. The van der Waals surface area contributed by atoms with E-state index in [-0.39, 0.29) is 0 Å². The summed E-state index contributed by atoms with van der Waals surface area (Å²) in [6.45, 7) is 0. The first-order valence-corrected chi connectivity index (χ1v) is 6.04. The molecule has 1 radical (unpaired) electrons. The van der Waals surface area contributed by atoms with E-state index in [1.807, 2.05) is 0 Å². The molecule has 3 aliphatic rings. The number of hydrogen-bond donors (Lipinski definition) is 0. The molecule has 2 bridgehead atoms. The monoisotopic (exact) mass is 167 g/mol. The molecular formula is C2H4ClO3Si2. The van der Waals surface area contributed by atoms with Gasteiger partial charge in [0, 0.05) is 11.9 Å². The van der Waals surface area contributed by atoms with Crippen LogP contribution >= 0.6 is 11.6 Å². The van der Waals surface area contributed by atoms with Crippen LogP contribution in [0.1, 0.15) is 0 Å². The number of rotatable bonds is 2. The van der Waals surface area contributed by atoms with E-state index < -0.39 is 18.3 Å². The van der Waals surface area contributed by atoms with Crippen LogP contribution < -0.4 is 0 Å². The summed E-state index contributed by atoms with van der Waals surface area (Å²) in [6.07, 6.45) is 0. The zero-order chi connectivity index (χ0) is 5.61. The summed E-state index contributed by atoms with van der Waals surface area (Å²) in [5, 5.41) is 0. The molecule has 3 nitrogen and oxygen atoms in total. The first-order valence-electron chi connectivity index (χ1n) is 2.35. The first-order chi connectivity index (χ1) is 3.85. The van der Waals surface area contributed by atoms with Gasteiger partial charge in [0.05, 0.1) is 0 Å². The maximum absolute atomic E-state index is 5.43. The van der Waals surface area contributed by atoms with Gasteiger partial charge in [0.25, 0.3) is 0 Å². The van der Waals surface area contributed by atoms with Crippen LogP contribution in [0.3, 0.4) is 0 Å². The lowest BCUT2D eigenvalue weighted by Gasteiger charge is -2.53. The third-order valence-electron chi connectivity index (χ3n) is 1.12. The second-order valence-electron chi connectivity index (χ2n) is 1.68. The van der Waals surface area contributed by atoms with Gasteiger partial charge in [-0.2, -0.15) is 0 Å². The minimum absolute atomic E-state index is 0.585. The van der Waals surface area contributed by atoms with Crippen molar-refractivity contribution in [1.82, 2.24) is 0 Å². The Bertz CT molecular complexity index is 103. The van der Waals surface area contributed by atoms with Crippen molar-refractivity contribution in [2.75, 3.05) is 5.88 Å². The third-order valence-corrected chi connectivity index (χ3v) is 8.22. The maximum atomic E-state index is 5.43. The Morgan fingerprint density at radius 1 is 1.38 bits per heavy atom. The van der Waals surface area contributed by atoms with Gasteiger partial charge in [-0.3, -0.25) is 0 Å². The van der Waals surface area contributed by atoms with E-state index in [4.69, 9.17) is 23.9 Å². The summed E-state index contributed by atoms with van der Waals surface area (Å²) in [5.41, 5.74) is 0. The van der Waals surface area contributed by atoms with Gasteiger partial charge in [-0.15, -0.1) is 11.6 Å². The van der Waals surface area contributed by atoms with E-state index in [2.05, 4.69) is 0 Å². The van der Waals surface area contributed by atoms with Crippen molar-refractivity contribution in [1.29, 1.82) is 0 Å². The van der Waals surface area contributed by atoms with Gasteiger partial charge in [0.15, 0.2) is 0 Å². The third kappa shape index (κ3) is 0.540. The molecule has 0 aromatic heterocycles. The zero-order valence-corrected chi connectivity index (χ0v) is 6.77. The highest BCUT2D eigenvalue weighted by molar-refractivity contribution is 6.93. The number of halogens is 1. The Kier molecular flexibility index (Phi) is 1.05. The van der Waals surface area contributed by atoms with Gasteiger partial charge in [-0.1, -0.05) is 0 Å². The fourth-order valence-corrected chi connectivity index (χ4v) is 6.05. The number of alkyl halides is 1. The number of hydrogen-bond acceptors (Lipinski definition) is 3. The van der Waals surface area contributed by atoms with Crippen LogP contribution in [-0.4, -0.2) is 24.2 Å². The van der Waals surface area contributed by atoms with Crippen LogP contribution in [0.2, 0.25) is 6.04 Å². The highest BCUT2D eigenvalue weighted by Gasteiger charge is 2.71. The largest absolute Gasteiger partial charge is 0.553 e. The molecule has 0 aromatic rings. The molecule has 6 heteroatoms. The zero-order valence-electron chi connectivity index (χ0n) is 4.02. The Hall–Kier alpha value is 0.604. The van der Waals surface area contributed by atoms with Gasteiger partial charge < -0.3 is 12.3 Å². The van der Waals surface area contributed by atoms with Crippen molar-refractivity contribution < 1.29 is 12.3 Å². The van der Waals surface area contributed by atoms with Crippen LogP contribution in [0.4, 0.5) is 0 Å². The second-order valence-corrected chi connectivity index (χ2v) is 6.87. The quantitative estimate of drug-likeness (QED) is 0.435. The van der Waals surface area contributed by atoms with Crippen molar-refractivity contribution in [3.05, 3.63) is 0 Å². The normalized spacial score (nSPS) is 31.1. The molecule has 3 saturated heterocycles. The highest BCUT2D eigenvalue weighted by Crippen LogP contribution is 2.40. The fraction of sp³-hybridized carbons (Fsp3) is 1.00. The van der Waals surface area contributed by atoms with Crippen molar-refractivity contribution in [3.8, 4) is 0 Å². The molecular weight excluding hydrogens is 164 g/mol. The van der Waals surface area contributed by atoms with E-state index >= 15 is 0 Å². The second kappa shape index (κ2) is 1.55. The summed E-state index contributed by atoms with van der Waals surface area (Å²) in [6, 6.07) is 0.780. The van der Waals surface area contributed by atoms with Crippen molar-refractivity contribution in [2.24, 2.45) is 0 Å². The van der Waals surface area contributed by atoms with Crippen LogP contribution in [0.25, 0.3) is 0 Å². The van der Waals surface area contributed by atoms with Crippen molar-refractivity contribution in [2.45, 2.75) is 6.04 Å². The molecule has 45 valence electrons. The van der Waals surface area contributed by atoms with Crippen molar-refractivity contribution in [3.63, 3.8) is 0 Å². The lowest BCUT2D eigenvalue weighted by atomic mass is 11.0. The molecule has 0 N–H and O–H groups in total. The lowest BCUT2D eigenvalue weighted by Crippen LogP contribution is -2.79. The minimum atomic E-state index is -1.94. The summed E-state index contributed by atoms with van der Waals surface area (Å²) in [5.74, 6) is 0.585. The van der Waals surface area contributed by atoms with E-state index in [1.165, 1.54) is 0 Å². The SMILES string of the molecule is ClCC[Si]12O[Si](O1)O2. The molecule has 0 saturated carbocycles. The molecule has 8 heavy (non-hydrogen) atoms. The molecule has 0 aliphatic carbocycles. The van der Waals surface area contributed by atoms with Gasteiger partial charge in [0.1, 0.15) is 0 Å². The Morgan fingerprint density at radius 2 is 2.00 bits per heavy atom. The maximum Gasteiger partial charge on any atom is 0.553 e. The Balaban J connectivity index is 1.87. The molecule has 0 aromatic carbocycles. The molecule has 3 heterocycles. The van der Waals surface area contributed by atoms with Crippen molar-refractivity contribution >= 4 is 29.9 Å². The van der Waals surface area contributed by atoms with Gasteiger partial charge >= 0.3 is 18.3 Å². The van der Waals surface area contributed by atoms with Gasteiger partial charge in [-0.25, -0.2) is 0 Å². The summed E-state index contributed by atoms with van der Waals surface area (Å²) in [7, 11) is -3.07. The van der Waals surface area contributed by atoms with Crippen LogP contribution in [0.5, 0.6) is 0 Å². The molecule has 3 fully saturated rings. The summed E-state index contributed by atoms with van der Waals surface area (Å²) >= 11 is 5.43. The minimum Gasteiger partial charge on any atom is -0.371 e. The first kappa shape index (κ1) is 5.39. The van der Waals surface area contributed by atoms with Crippen LogP contribution in [0, 0.1) is 0 Å². The predicted octanol–water partition coefficient (Wildman–Crippen LogP) is 0.226. The molecule has 0 spiro atoms. The molecule has 3 rings (SSSR count). The average Bonchev–Trinajstić information content (AvgIpc) is 1.50. The smallest absolute Gasteiger partial charge is 0.371 e. The average molecular weight is 168 g/mol. The van der Waals surface area contributed by atoms with E-state index in [1.54, 1.807) is 0 Å².